The van der Waals surface area contributed by atoms with Gasteiger partial charge in [-0.2, -0.15) is 0 Å². The van der Waals surface area contributed by atoms with E-state index in [4.69, 9.17) is 9.84 Å². The Morgan fingerprint density at radius 3 is 2.53 bits per heavy atom. The topological polar surface area (TPSA) is 63.6 Å². The minimum atomic E-state index is -0.935. The van der Waals surface area contributed by atoms with Gasteiger partial charge in [-0.25, -0.2) is 0 Å². The number of carboxylic acid groups (broad SMARTS) is 1. The second-order valence-electron chi connectivity index (χ2n) is 3.74. The molecule has 0 fully saturated rings. The molecule has 0 unspecified atom stereocenters. The Morgan fingerprint density at radius 1 is 1.18 bits per heavy atom. The van der Waals surface area contributed by atoms with Crippen LogP contribution in [0.15, 0.2) is 24.3 Å². The first-order valence-corrected chi connectivity index (χ1v) is 5.49. The molecule has 0 saturated heterocycles. The molecule has 0 aliphatic carbocycles. The number of para-hydroxylation sites is 1. The molecule has 0 bridgehead atoms. The van der Waals surface area contributed by atoms with Crippen molar-refractivity contribution in [2.24, 2.45) is 0 Å². The molecule has 0 aliphatic rings. The fourth-order valence-corrected chi connectivity index (χ4v) is 1.55. The Bertz CT molecular complexity index is 398. The molecule has 92 valence electrons. The van der Waals surface area contributed by atoms with Gasteiger partial charge in [0, 0.05) is 12.8 Å². The molecule has 4 nitrogen and oxygen atoms in total. The normalized spacial score (nSPS) is 9.94. The van der Waals surface area contributed by atoms with Gasteiger partial charge in [0.2, 0.25) is 0 Å². The van der Waals surface area contributed by atoms with E-state index in [0.717, 1.165) is 11.3 Å². The molecule has 0 radical (unpaired) electrons. The van der Waals surface area contributed by atoms with Gasteiger partial charge in [-0.1, -0.05) is 18.2 Å². The third-order valence-electron chi connectivity index (χ3n) is 2.48. The lowest BCUT2D eigenvalue weighted by Crippen LogP contribution is -2.04. The quantitative estimate of drug-likeness (QED) is 0.787. The van der Waals surface area contributed by atoms with E-state index in [9.17, 15) is 9.59 Å². The predicted molar refractivity (Wildman–Crippen MR) is 63.2 cm³/mol. The van der Waals surface area contributed by atoms with Crippen molar-refractivity contribution < 1.29 is 19.4 Å². The van der Waals surface area contributed by atoms with Crippen LogP contribution < -0.4 is 4.74 Å². The maximum absolute atomic E-state index is 11.4. The van der Waals surface area contributed by atoms with Crippen molar-refractivity contribution in [3.63, 3.8) is 0 Å². The first-order chi connectivity index (χ1) is 8.13. The predicted octanol–water partition coefficient (Wildman–Crippen LogP) is 2.06. The van der Waals surface area contributed by atoms with Crippen molar-refractivity contribution in [1.82, 2.24) is 0 Å². The number of benzene rings is 1. The Labute approximate surface area is 100 Å². The van der Waals surface area contributed by atoms with Crippen LogP contribution >= 0.6 is 0 Å². The van der Waals surface area contributed by atoms with E-state index in [1.807, 2.05) is 24.3 Å². The number of methoxy groups -OCH3 is 1. The molecule has 0 aliphatic heterocycles. The van der Waals surface area contributed by atoms with Crippen LogP contribution in [-0.4, -0.2) is 24.0 Å². The number of aryl methyl sites for hydroxylation is 1. The number of ketones is 1. The van der Waals surface area contributed by atoms with E-state index < -0.39 is 5.97 Å². The Hall–Kier alpha value is -1.84. The molecule has 1 aromatic rings. The van der Waals surface area contributed by atoms with Crippen LogP contribution in [0.4, 0.5) is 0 Å². The van der Waals surface area contributed by atoms with Crippen molar-refractivity contribution in [2.75, 3.05) is 7.11 Å². The summed E-state index contributed by atoms with van der Waals surface area (Å²) in [5, 5.41) is 8.46. The lowest BCUT2D eigenvalue weighted by molar-refractivity contribution is -0.138. The third kappa shape index (κ3) is 4.68. The minimum absolute atomic E-state index is 0.0293. The fourth-order valence-electron chi connectivity index (χ4n) is 1.55. The van der Waals surface area contributed by atoms with Crippen LogP contribution in [0, 0.1) is 0 Å². The van der Waals surface area contributed by atoms with Crippen LogP contribution in [-0.2, 0) is 16.0 Å². The molecule has 0 heterocycles. The van der Waals surface area contributed by atoms with E-state index in [2.05, 4.69) is 0 Å². The lowest BCUT2D eigenvalue weighted by Gasteiger charge is -2.07. The lowest BCUT2D eigenvalue weighted by atomic mass is 10.0. The molecule has 1 N–H and O–H groups in total. The smallest absolute Gasteiger partial charge is 0.303 e. The highest BCUT2D eigenvalue weighted by Crippen LogP contribution is 2.19. The molecule has 0 atom stereocenters. The third-order valence-corrected chi connectivity index (χ3v) is 2.48. The van der Waals surface area contributed by atoms with Gasteiger partial charge in [0.15, 0.2) is 0 Å². The molecular weight excluding hydrogens is 220 g/mol. The van der Waals surface area contributed by atoms with Crippen LogP contribution in [0.1, 0.15) is 24.8 Å². The average molecular weight is 236 g/mol. The van der Waals surface area contributed by atoms with Gasteiger partial charge in [-0.3, -0.25) is 9.59 Å². The SMILES string of the molecule is COc1ccccc1CCC(=O)CCC(=O)O. The minimum Gasteiger partial charge on any atom is -0.496 e. The summed E-state index contributed by atoms with van der Waals surface area (Å²) in [7, 11) is 1.59. The van der Waals surface area contributed by atoms with Crippen LogP contribution in [0.2, 0.25) is 0 Å². The van der Waals surface area contributed by atoms with E-state index in [-0.39, 0.29) is 18.6 Å². The van der Waals surface area contributed by atoms with Crippen LogP contribution in [0.5, 0.6) is 5.75 Å². The van der Waals surface area contributed by atoms with Gasteiger partial charge in [-0.15, -0.1) is 0 Å². The largest absolute Gasteiger partial charge is 0.496 e. The highest BCUT2D eigenvalue weighted by molar-refractivity contribution is 5.82. The molecule has 17 heavy (non-hydrogen) atoms. The zero-order chi connectivity index (χ0) is 12.7. The number of aliphatic carboxylic acids is 1. The summed E-state index contributed by atoms with van der Waals surface area (Å²) in [5.74, 6) is -0.201. The summed E-state index contributed by atoms with van der Waals surface area (Å²) in [6.07, 6.45) is 0.950. The molecule has 1 aromatic carbocycles. The van der Waals surface area contributed by atoms with Crippen LogP contribution in [0.3, 0.4) is 0 Å². The number of carboxylic acids is 1. The highest BCUT2D eigenvalue weighted by Gasteiger charge is 2.08. The summed E-state index contributed by atoms with van der Waals surface area (Å²) < 4.78 is 5.17. The first-order valence-electron chi connectivity index (χ1n) is 5.49. The number of carbonyl (C=O) groups excluding carboxylic acids is 1. The van der Waals surface area contributed by atoms with Gasteiger partial charge < -0.3 is 9.84 Å². The number of Topliss-reactive ketones (excluding diaryl/α,β-unsaturated/α-hetero) is 1. The molecule has 4 heteroatoms. The first kappa shape index (κ1) is 13.2. The number of carbonyl (C=O) groups is 2. The van der Waals surface area contributed by atoms with Gasteiger partial charge >= 0.3 is 5.97 Å². The van der Waals surface area contributed by atoms with Gasteiger partial charge in [-0.05, 0) is 18.1 Å². The zero-order valence-corrected chi connectivity index (χ0v) is 9.81. The number of hydrogen-bond acceptors (Lipinski definition) is 3. The zero-order valence-electron chi connectivity index (χ0n) is 9.81. The molecule has 0 aromatic heterocycles. The van der Waals surface area contributed by atoms with Gasteiger partial charge in [0.05, 0.1) is 13.5 Å². The second-order valence-corrected chi connectivity index (χ2v) is 3.74. The van der Waals surface area contributed by atoms with Crippen molar-refractivity contribution in [3.05, 3.63) is 29.8 Å². The molecule has 0 amide bonds. The van der Waals surface area contributed by atoms with Crippen molar-refractivity contribution >= 4 is 11.8 Å². The standard InChI is InChI=1S/C13H16O4/c1-17-12-5-3-2-4-10(12)6-7-11(14)8-9-13(15)16/h2-5H,6-9H2,1H3,(H,15,16). The summed E-state index contributed by atoms with van der Waals surface area (Å²) in [4.78, 5) is 21.7. The Kier molecular flexibility index (Phi) is 5.20. The highest BCUT2D eigenvalue weighted by atomic mass is 16.5. The Balaban J connectivity index is 2.44. The van der Waals surface area contributed by atoms with Gasteiger partial charge in [0.1, 0.15) is 11.5 Å². The Morgan fingerprint density at radius 2 is 1.88 bits per heavy atom. The van der Waals surface area contributed by atoms with E-state index in [1.165, 1.54) is 0 Å². The average Bonchev–Trinajstić information content (AvgIpc) is 2.34. The maximum atomic E-state index is 11.4. The van der Waals surface area contributed by atoms with E-state index >= 15 is 0 Å². The number of ether oxygens (including phenoxy) is 1. The van der Waals surface area contributed by atoms with Crippen LogP contribution in [0.25, 0.3) is 0 Å². The molecule has 0 spiro atoms. The molecule has 0 saturated carbocycles. The van der Waals surface area contributed by atoms with E-state index in [0.29, 0.717) is 12.8 Å². The maximum Gasteiger partial charge on any atom is 0.303 e. The summed E-state index contributed by atoms with van der Waals surface area (Å²) >= 11 is 0. The van der Waals surface area contributed by atoms with Crippen molar-refractivity contribution in [1.29, 1.82) is 0 Å². The van der Waals surface area contributed by atoms with Crippen molar-refractivity contribution in [3.8, 4) is 5.75 Å². The summed E-state index contributed by atoms with van der Waals surface area (Å²) in [5.41, 5.74) is 0.971. The fraction of sp³-hybridized carbons (Fsp3) is 0.385. The summed E-state index contributed by atoms with van der Waals surface area (Å²) in [6.45, 7) is 0. The van der Waals surface area contributed by atoms with Gasteiger partial charge in [0.25, 0.3) is 0 Å². The molecule has 1 rings (SSSR count). The monoisotopic (exact) mass is 236 g/mol. The summed E-state index contributed by atoms with van der Waals surface area (Å²) in [6, 6.07) is 7.51. The number of rotatable bonds is 7. The number of hydrogen-bond donors (Lipinski definition) is 1. The second kappa shape index (κ2) is 6.68. The van der Waals surface area contributed by atoms with Crippen molar-refractivity contribution in [2.45, 2.75) is 25.7 Å². The molecular formula is C13H16O4. The van der Waals surface area contributed by atoms with E-state index in [1.54, 1.807) is 7.11 Å².